The largest absolute Gasteiger partial charge is 0.328 e. The lowest BCUT2D eigenvalue weighted by Crippen LogP contribution is -2.15. The summed E-state index contributed by atoms with van der Waals surface area (Å²) in [5.74, 6) is 0. The first kappa shape index (κ1) is 10.4. The van der Waals surface area contributed by atoms with Gasteiger partial charge in [-0.15, -0.1) is 0 Å². The molecular formula is C5H11BrO3S. The molecule has 0 bridgehead atoms. The fourth-order valence-electron chi connectivity index (χ4n) is 0.247. The van der Waals surface area contributed by atoms with Crippen molar-refractivity contribution in [3.8, 4) is 0 Å². The van der Waals surface area contributed by atoms with E-state index in [1.165, 1.54) is 0 Å². The lowest BCUT2D eigenvalue weighted by atomic mass is 9.99. The van der Waals surface area contributed by atoms with Crippen LogP contribution in [-0.4, -0.2) is 15.0 Å². The molecule has 0 aromatic rings. The van der Waals surface area contributed by atoms with Crippen molar-refractivity contribution in [3.05, 3.63) is 0 Å². The van der Waals surface area contributed by atoms with Crippen LogP contribution in [0.5, 0.6) is 0 Å². The molecule has 62 valence electrons. The molecule has 0 amide bonds. The van der Waals surface area contributed by atoms with Crippen LogP contribution in [0.25, 0.3) is 0 Å². The van der Waals surface area contributed by atoms with Gasteiger partial charge in [-0.2, -0.15) is 8.42 Å². The van der Waals surface area contributed by atoms with E-state index >= 15 is 0 Å². The molecular weight excluding hydrogens is 220 g/mol. The summed E-state index contributed by atoms with van der Waals surface area (Å²) >= 11 is 2.38. The Balaban J connectivity index is 3.79. The van der Waals surface area contributed by atoms with E-state index in [4.69, 9.17) is 0 Å². The summed E-state index contributed by atoms with van der Waals surface area (Å²) in [6.45, 7) is 5.88. The van der Waals surface area contributed by atoms with Gasteiger partial charge in [0.25, 0.3) is 0 Å². The van der Waals surface area contributed by atoms with Gasteiger partial charge in [-0.3, -0.25) is 4.18 Å². The highest BCUT2D eigenvalue weighted by atomic mass is 79.9. The average Bonchev–Trinajstić information content (AvgIpc) is 1.57. The standard InChI is InChI=1S/C5H11BrO3S/c1-5(2,3)4-9-10(6,7)8/h4H2,1-3H3. The van der Waals surface area contributed by atoms with Crippen molar-refractivity contribution < 1.29 is 12.6 Å². The van der Waals surface area contributed by atoms with E-state index in [2.05, 4.69) is 19.0 Å². The van der Waals surface area contributed by atoms with Crippen LogP contribution in [0.4, 0.5) is 0 Å². The molecule has 10 heavy (non-hydrogen) atoms. The van der Waals surface area contributed by atoms with Crippen molar-refractivity contribution in [3.63, 3.8) is 0 Å². The zero-order valence-corrected chi connectivity index (χ0v) is 8.62. The molecule has 0 heterocycles. The Bertz CT molecular complexity index is 189. The van der Waals surface area contributed by atoms with Crippen LogP contribution in [0.2, 0.25) is 0 Å². The van der Waals surface area contributed by atoms with Crippen LogP contribution < -0.4 is 0 Å². The van der Waals surface area contributed by atoms with Gasteiger partial charge in [0.15, 0.2) is 0 Å². The van der Waals surface area contributed by atoms with Crippen molar-refractivity contribution in [1.82, 2.24) is 0 Å². The molecule has 0 radical (unpaired) electrons. The lowest BCUT2D eigenvalue weighted by Gasteiger charge is -2.15. The molecule has 0 unspecified atom stereocenters. The molecule has 0 saturated heterocycles. The molecule has 0 aliphatic carbocycles. The maximum absolute atomic E-state index is 10.4. The first-order valence-corrected chi connectivity index (χ1v) is 6.05. The molecule has 0 N–H and O–H groups in total. The fraction of sp³-hybridized carbons (Fsp3) is 1.00. The molecule has 0 aliphatic rings. The van der Waals surface area contributed by atoms with Crippen LogP contribution in [-0.2, 0) is 12.7 Å². The number of hydrogen-bond acceptors (Lipinski definition) is 3. The molecule has 0 spiro atoms. The normalized spacial score (nSPS) is 13.6. The minimum Gasteiger partial charge on any atom is -0.261 e. The molecule has 0 aromatic heterocycles. The Hall–Kier alpha value is 0.390. The monoisotopic (exact) mass is 230 g/mol. The molecule has 3 nitrogen and oxygen atoms in total. The Morgan fingerprint density at radius 2 is 1.80 bits per heavy atom. The maximum Gasteiger partial charge on any atom is 0.328 e. The topological polar surface area (TPSA) is 43.4 Å². The zero-order chi connectivity index (χ0) is 8.41. The quantitative estimate of drug-likeness (QED) is 0.679. The second-order valence-corrected chi connectivity index (χ2v) is 6.62. The molecule has 0 aromatic carbocycles. The van der Waals surface area contributed by atoms with Crippen LogP contribution in [0.15, 0.2) is 0 Å². The van der Waals surface area contributed by atoms with Gasteiger partial charge >= 0.3 is 8.55 Å². The third kappa shape index (κ3) is 8.39. The molecule has 0 saturated carbocycles. The minimum absolute atomic E-state index is 0.124. The van der Waals surface area contributed by atoms with Gasteiger partial charge in [0.2, 0.25) is 0 Å². The predicted octanol–water partition coefficient (Wildman–Crippen LogP) is 1.69. The number of halogens is 1. The third-order valence-electron chi connectivity index (χ3n) is 0.633. The highest BCUT2D eigenvalue weighted by molar-refractivity contribution is 9.46. The second-order valence-electron chi connectivity index (χ2n) is 3.22. The molecule has 0 atom stereocenters. The smallest absolute Gasteiger partial charge is 0.261 e. The molecule has 0 rings (SSSR count). The second kappa shape index (κ2) is 3.19. The van der Waals surface area contributed by atoms with Crippen LogP contribution in [0, 0.1) is 5.41 Å². The van der Waals surface area contributed by atoms with Crippen molar-refractivity contribution in [2.45, 2.75) is 20.8 Å². The van der Waals surface area contributed by atoms with Crippen molar-refractivity contribution >= 4 is 23.4 Å². The average molecular weight is 231 g/mol. The van der Waals surface area contributed by atoms with E-state index in [9.17, 15) is 8.42 Å². The maximum atomic E-state index is 10.4. The highest BCUT2D eigenvalue weighted by Gasteiger charge is 2.14. The van der Waals surface area contributed by atoms with Gasteiger partial charge < -0.3 is 0 Å². The Morgan fingerprint density at radius 3 is 1.90 bits per heavy atom. The van der Waals surface area contributed by atoms with E-state index in [-0.39, 0.29) is 12.0 Å². The molecule has 0 fully saturated rings. The van der Waals surface area contributed by atoms with Gasteiger partial charge in [0, 0.05) is 0 Å². The Kier molecular flexibility index (Phi) is 3.32. The Labute approximate surface area is 69.1 Å². The summed E-state index contributed by atoms with van der Waals surface area (Å²) in [6, 6.07) is 0. The molecule has 5 heteroatoms. The minimum atomic E-state index is -3.44. The number of rotatable bonds is 2. The number of hydrogen-bond donors (Lipinski definition) is 0. The predicted molar refractivity (Wildman–Crippen MR) is 43.3 cm³/mol. The summed E-state index contributed by atoms with van der Waals surface area (Å²) in [5, 5.41) is 0. The van der Waals surface area contributed by atoms with Crippen LogP contribution in [0.1, 0.15) is 20.8 Å². The zero-order valence-electron chi connectivity index (χ0n) is 6.22. The van der Waals surface area contributed by atoms with Crippen LogP contribution in [0.3, 0.4) is 0 Å². The first-order chi connectivity index (χ1) is 4.21. The SMILES string of the molecule is CC(C)(C)COS(=O)(=O)Br. The van der Waals surface area contributed by atoms with Gasteiger partial charge in [0.05, 0.1) is 21.4 Å². The van der Waals surface area contributed by atoms with Gasteiger partial charge in [-0.25, -0.2) is 0 Å². The third-order valence-corrected chi connectivity index (χ3v) is 1.59. The summed E-state index contributed by atoms with van der Waals surface area (Å²) in [6.07, 6.45) is 0. The van der Waals surface area contributed by atoms with Gasteiger partial charge in [-0.1, -0.05) is 20.8 Å². The highest BCUT2D eigenvalue weighted by Crippen LogP contribution is 2.16. The lowest BCUT2D eigenvalue weighted by molar-refractivity contribution is 0.209. The van der Waals surface area contributed by atoms with Crippen molar-refractivity contribution in [2.24, 2.45) is 5.41 Å². The Morgan fingerprint density at radius 1 is 1.40 bits per heavy atom. The van der Waals surface area contributed by atoms with E-state index in [0.29, 0.717) is 0 Å². The van der Waals surface area contributed by atoms with Crippen LogP contribution >= 0.6 is 14.8 Å². The summed E-state index contributed by atoms with van der Waals surface area (Å²) in [5.41, 5.74) is -0.124. The first-order valence-electron chi connectivity index (χ1n) is 2.80. The summed E-state index contributed by atoms with van der Waals surface area (Å²) in [4.78, 5) is 0. The summed E-state index contributed by atoms with van der Waals surface area (Å²) < 4.78 is 25.2. The molecule has 0 aliphatic heterocycles. The van der Waals surface area contributed by atoms with Crippen molar-refractivity contribution in [2.75, 3.05) is 6.61 Å². The van der Waals surface area contributed by atoms with E-state index in [1.807, 2.05) is 20.8 Å². The van der Waals surface area contributed by atoms with E-state index < -0.39 is 8.55 Å². The van der Waals surface area contributed by atoms with E-state index in [0.717, 1.165) is 0 Å². The van der Waals surface area contributed by atoms with Gasteiger partial charge in [0.1, 0.15) is 0 Å². The van der Waals surface area contributed by atoms with E-state index in [1.54, 1.807) is 0 Å². The summed E-state index contributed by atoms with van der Waals surface area (Å²) in [7, 11) is -3.44. The van der Waals surface area contributed by atoms with Gasteiger partial charge in [-0.05, 0) is 5.41 Å². The van der Waals surface area contributed by atoms with Crippen molar-refractivity contribution in [1.29, 1.82) is 0 Å². The fourth-order valence-corrected chi connectivity index (χ4v) is 1.02.